The van der Waals surface area contributed by atoms with Crippen molar-refractivity contribution in [1.82, 2.24) is 10.1 Å². The smallest absolute Gasteiger partial charge is 0.341 e. The van der Waals surface area contributed by atoms with Crippen molar-refractivity contribution in [3.8, 4) is 0 Å². The van der Waals surface area contributed by atoms with Gasteiger partial charge in [0, 0.05) is 28.1 Å². The number of esters is 1. The Morgan fingerprint density at radius 2 is 1.97 bits per heavy atom. The molecule has 0 amide bonds. The molecule has 0 bridgehead atoms. The molecule has 6 nitrogen and oxygen atoms in total. The monoisotopic (exact) mass is 450 g/mol. The van der Waals surface area contributed by atoms with Crippen LogP contribution in [0.25, 0.3) is 0 Å². The minimum absolute atomic E-state index is 0.204. The van der Waals surface area contributed by atoms with Crippen LogP contribution in [0.15, 0.2) is 46.1 Å². The Bertz CT molecular complexity index is 1050. The van der Waals surface area contributed by atoms with Crippen LogP contribution in [-0.4, -0.2) is 28.5 Å². The van der Waals surface area contributed by atoms with Gasteiger partial charge in [-0.3, -0.25) is 4.79 Å². The number of benzene rings is 1. The number of thioether (sulfide) groups is 1. The van der Waals surface area contributed by atoms with Crippen LogP contribution < -0.4 is 0 Å². The zero-order valence-corrected chi connectivity index (χ0v) is 17.9. The van der Waals surface area contributed by atoms with E-state index in [0.717, 1.165) is 17.0 Å². The highest BCUT2D eigenvalue weighted by molar-refractivity contribution is 7.98. The molecule has 0 aliphatic heterocycles. The highest BCUT2D eigenvalue weighted by Gasteiger charge is 2.19. The van der Waals surface area contributed by atoms with Crippen molar-refractivity contribution in [2.24, 2.45) is 0 Å². The molecule has 0 saturated heterocycles. The average Bonchev–Trinajstić information content (AvgIpc) is 3.02. The topological polar surface area (TPSA) is 82.3 Å². The van der Waals surface area contributed by atoms with Gasteiger partial charge in [0.05, 0.1) is 16.3 Å². The van der Waals surface area contributed by atoms with Gasteiger partial charge >= 0.3 is 5.97 Å². The van der Waals surface area contributed by atoms with Crippen LogP contribution in [0.5, 0.6) is 0 Å². The fourth-order valence-corrected chi connectivity index (χ4v) is 4.16. The van der Waals surface area contributed by atoms with Crippen molar-refractivity contribution < 1.29 is 18.8 Å². The summed E-state index contributed by atoms with van der Waals surface area (Å²) < 4.78 is 10.3. The molecule has 150 valence electrons. The number of rotatable bonds is 7. The molecule has 3 aromatic rings. The van der Waals surface area contributed by atoms with E-state index < -0.39 is 18.4 Å². The van der Waals surface area contributed by atoms with Gasteiger partial charge in [-0.15, -0.1) is 11.8 Å². The normalized spacial score (nSPS) is 10.8. The van der Waals surface area contributed by atoms with Gasteiger partial charge < -0.3 is 9.26 Å². The summed E-state index contributed by atoms with van der Waals surface area (Å²) in [5, 5.41) is 5.03. The molecule has 0 saturated carbocycles. The standard InChI is InChI=1S/C20H16Cl2N2O4S/c1-11-16(12(2)28-24-11)10-29-19-15(4-3-7-23-19)20(26)27-9-18(25)14-6-5-13(21)8-17(14)22/h3-8H,9-10H2,1-2H3. The summed E-state index contributed by atoms with van der Waals surface area (Å²) in [6, 6.07) is 7.74. The van der Waals surface area contributed by atoms with Crippen LogP contribution in [0.2, 0.25) is 10.0 Å². The molecular weight excluding hydrogens is 435 g/mol. The van der Waals surface area contributed by atoms with Crippen molar-refractivity contribution in [2.75, 3.05) is 6.61 Å². The van der Waals surface area contributed by atoms with E-state index in [1.165, 1.54) is 23.9 Å². The zero-order chi connectivity index (χ0) is 21.0. The van der Waals surface area contributed by atoms with Crippen LogP contribution in [0.3, 0.4) is 0 Å². The third kappa shape index (κ3) is 5.18. The predicted octanol–water partition coefficient (Wildman–Crippen LogP) is 5.33. The van der Waals surface area contributed by atoms with E-state index in [1.807, 2.05) is 13.8 Å². The lowest BCUT2D eigenvalue weighted by atomic mass is 10.1. The second-order valence-electron chi connectivity index (χ2n) is 6.07. The molecule has 3 rings (SSSR count). The molecule has 0 atom stereocenters. The van der Waals surface area contributed by atoms with E-state index in [2.05, 4.69) is 10.1 Å². The number of pyridine rings is 1. The fraction of sp³-hybridized carbons (Fsp3) is 0.200. The van der Waals surface area contributed by atoms with E-state index >= 15 is 0 Å². The van der Waals surface area contributed by atoms with Crippen molar-refractivity contribution in [2.45, 2.75) is 24.6 Å². The maximum atomic E-state index is 12.5. The Balaban J connectivity index is 1.67. The van der Waals surface area contributed by atoms with Crippen LogP contribution in [0.4, 0.5) is 0 Å². The summed E-state index contributed by atoms with van der Waals surface area (Å²) in [6.45, 7) is 3.24. The van der Waals surface area contributed by atoms with E-state index in [1.54, 1.807) is 24.4 Å². The fourth-order valence-electron chi connectivity index (χ4n) is 2.51. The lowest BCUT2D eigenvalue weighted by Crippen LogP contribution is -2.15. The number of aromatic nitrogens is 2. The van der Waals surface area contributed by atoms with Crippen LogP contribution in [0, 0.1) is 13.8 Å². The first kappa shape index (κ1) is 21.4. The Morgan fingerprint density at radius 3 is 2.66 bits per heavy atom. The number of aryl methyl sites for hydroxylation is 2. The number of hydrogen-bond acceptors (Lipinski definition) is 7. The number of carbonyl (C=O) groups excluding carboxylic acids is 2. The van der Waals surface area contributed by atoms with Crippen molar-refractivity contribution in [3.63, 3.8) is 0 Å². The maximum absolute atomic E-state index is 12.5. The van der Waals surface area contributed by atoms with Gasteiger partial charge in [-0.05, 0) is 44.2 Å². The number of nitrogens with zero attached hydrogens (tertiary/aromatic N) is 2. The molecule has 0 aliphatic rings. The van der Waals surface area contributed by atoms with E-state index in [0.29, 0.717) is 15.8 Å². The third-order valence-corrected chi connectivity index (χ3v) is 5.67. The molecule has 1 aromatic carbocycles. The molecule has 2 heterocycles. The number of Topliss-reactive ketones (excluding diaryl/α,β-unsaturated/α-hetero) is 1. The average molecular weight is 451 g/mol. The van der Waals surface area contributed by atoms with Crippen molar-refractivity contribution >= 4 is 46.7 Å². The van der Waals surface area contributed by atoms with Gasteiger partial charge in [-0.2, -0.15) is 0 Å². The summed E-state index contributed by atoms with van der Waals surface area (Å²) in [4.78, 5) is 29.1. The van der Waals surface area contributed by atoms with E-state index in [-0.39, 0.29) is 16.1 Å². The third-order valence-electron chi connectivity index (χ3n) is 4.09. The van der Waals surface area contributed by atoms with E-state index in [9.17, 15) is 9.59 Å². The Labute approximate surface area is 181 Å². The molecule has 29 heavy (non-hydrogen) atoms. The second-order valence-corrected chi connectivity index (χ2v) is 7.88. The number of ketones is 1. The molecule has 0 unspecified atom stereocenters. The van der Waals surface area contributed by atoms with Gasteiger partial charge in [0.2, 0.25) is 5.78 Å². The lowest BCUT2D eigenvalue weighted by Gasteiger charge is -2.09. The summed E-state index contributed by atoms with van der Waals surface area (Å²) in [5.74, 6) is 0.199. The van der Waals surface area contributed by atoms with Gasteiger partial charge in [0.1, 0.15) is 10.8 Å². The highest BCUT2D eigenvalue weighted by Crippen LogP contribution is 2.28. The molecule has 0 fully saturated rings. The predicted molar refractivity (Wildman–Crippen MR) is 111 cm³/mol. The van der Waals surface area contributed by atoms with Gasteiger partial charge in [-0.1, -0.05) is 28.4 Å². The first-order valence-electron chi connectivity index (χ1n) is 8.51. The Hall–Kier alpha value is -2.35. The summed E-state index contributed by atoms with van der Waals surface area (Å²) >= 11 is 13.2. The van der Waals surface area contributed by atoms with Crippen LogP contribution >= 0.6 is 35.0 Å². The zero-order valence-electron chi connectivity index (χ0n) is 15.6. The van der Waals surface area contributed by atoms with Crippen LogP contribution in [-0.2, 0) is 10.5 Å². The van der Waals surface area contributed by atoms with Crippen LogP contribution in [0.1, 0.15) is 37.7 Å². The SMILES string of the molecule is Cc1noc(C)c1CSc1ncccc1C(=O)OCC(=O)c1ccc(Cl)cc1Cl. The first-order valence-corrected chi connectivity index (χ1v) is 10.3. The Morgan fingerprint density at radius 1 is 1.17 bits per heavy atom. The lowest BCUT2D eigenvalue weighted by molar-refractivity contribution is 0.0470. The number of halogens is 2. The number of ether oxygens (including phenoxy) is 1. The van der Waals surface area contributed by atoms with Gasteiger partial charge in [-0.25, -0.2) is 9.78 Å². The largest absolute Gasteiger partial charge is 0.454 e. The molecular formula is C20H16Cl2N2O4S. The molecule has 0 aliphatic carbocycles. The maximum Gasteiger partial charge on any atom is 0.341 e. The minimum atomic E-state index is -0.641. The van der Waals surface area contributed by atoms with Gasteiger partial charge in [0.25, 0.3) is 0 Å². The highest BCUT2D eigenvalue weighted by atomic mass is 35.5. The second kappa shape index (κ2) is 9.43. The molecule has 2 aromatic heterocycles. The summed E-state index contributed by atoms with van der Waals surface area (Å²) in [5.41, 5.74) is 2.26. The minimum Gasteiger partial charge on any atom is -0.454 e. The summed E-state index contributed by atoms with van der Waals surface area (Å²) in [7, 11) is 0. The number of hydrogen-bond donors (Lipinski definition) is 0. The van der Waals surface area contributed by atoms with Crippen molar-refractivity contribution in [1.29, 1.82) is 0 Å². The Kier molecular flexibility index (Phi) is 6.95. The number of carbonyl (C=O) groups is 2. The quantitative estimate of drug-likeness (QED) is 0.273. The molecule has 0 radical (unpaired) electrons. The molecule has 9 heteroatoms. The summed E-state index contributed by atoms with van der Waals surface area (Å²) in [6.07, 6.45) is 1.59. The first-order chi connectivity index (χ1) is 13.9. The van der Waals surface area contributed by atoms with E-state index in [4.69, 9.17) is 32.5 Å². The van der Waals surface area contributed by atoms with Gasteiger partial charge in [0.15, 0.2) is 6.61 Å². The van der Waals surface area contributed by atoms with Crippen molar-refractivity contribution in [3.05, 3.63) is 74.7 Å². The molecule has 0 N–H and O–H groups in total. The molecule has 0 spiro atoms.